The standard InChI is InChI=1S/C40H56N8O10S2/c1-21(2)30(36(56)43-20-28(42)50)46-38(58)32-40(5,6)60-59-39(3,4)31(47-33(53)25(41)18-23-12-14-24(49)15-13-23)37(57)45-27(19-22-10-8-7-9-11-22)35(55)44-26(34(54)48-32)16-17-29(51)52/h7-15,21,25-27,30-32,49H,16-20,41H2,1-6H3,(H2,42,50)(H,43,56)(H,44,55)(H,45,57)(H,46,58)(H,47,53)(H,48,54)(H,51,52)/t25-,26-,27-,30-,31-,32?/m0/s1. The minimum atomic E-state index is -1.51. The van der Waals surface area contributed by atoms with Crippen LogP contribution in [0.5, 0.6) is 5.75 Å². The molecule has 0 aliphatic carbocycles. The highest BCUT2D eigenvalue weighted by atomic mass is 33.1. The number of benzene rings is 2. The lowest BCUT2D eigenvalue weighted by atomic mass is 9.97. The van der Waals surface area contributed by atoms with Crippen LogP contribution in [0, 0.1) is 5.92 Å². The number of carbonyl (C=O) groups is 8. The first-order valence-electron chi connectivity index (χ1n) is 19.2. The van der Waals surface area contributed by atoms with E-state index >= 15 is 0 Å². The van der Waals surface area contributed by atoms with Crippen LogP contribution in [0.1, 0.15) is 65.5 Å². The van der Waals surface area contributed by atoms with E-state index in [4.69, 9.17) is 11.5 Å². The molecule has 20 heteroatoms. The average molecular weight is 873 g/mol. The molecule has 1 aliphatic heterocycles. The molecule has 0 bridgehead atoms. The molecule has 1 fully saturated rings. The zero-order valence-electron chi connectivity index (χ0n) is 34.4. The summed E-state index contributed by atoms with van der Waals surface area (Å²) in [5.74, 6) is -7.32. The number of nitrogens with two attached hydrogens (primary N) is 2. The highest BCUT2D eigenvalue weighted by molar-refractivity contribution is 8.77. The molecule has 1 unspecified atom stereocenters. The minimum absolute atomic E-state index is 0.0272. The van der Waals surface area contributed by atoms with Gasteiger partial charge in [-0.3, -0.25) is 38.4 Å². The topological polar surface area (TPSA) is 301 Å². The van der Waals surface area contributed by atoms with E-state index in [0.717, 1.165) is 21.6 Å². The third kappa shape index (κ3) is 14.7. The Bertz CT molecular complexity index is 1880. The van der Waals surface area contributed by atoms with Gasteiger partial charge in [0.1, 0.15) is 36.0 Å². The van der Waals surface area contributed by atoms with Crippen molar-refractivity contribution in [2.45, 2.75) is 113 Å². The lowest BCUT2D eigenvalue weighted by Crippen LogP contribution is -2.65. The normalized spacial score (nSPS) is 21.8. The van der Waals surface area contributed by atoms with Gasteiger partial charge in [0.2, 0.25) is 41.4 Å². The highest BCUT2D eigenvalue weighted by Crippen LogP contribution is 2.47. The van der Waals surface area contributed by atoms with Crippen molar-refractivity contribution < 1.29 is 48.6 Å². The van der Waals surface area contributed by atoms with Crippen LogP contribution < -0.4 is 43.4 Å². The molecule has 1 aliphatic rings. The number of phenols is 1. The van der Waals surface area contributed by atoms with Crippen LogP contribution in [0.3, 0.4) is 0 Å². The van der Waals surface area contributed by atoms with Gasteiger partial charge in [-0.05, 0) is 69.7 Å². The summed E-state index contributed by atoms with van der Waals surface area (Å²) in [6.07, 6.45) is -0.964. The Balaban J connectivity index is 2.12. The van der Waals surface area contributed by atoms with Crippen molar-refractivity contribution in [3.8, 4) is 5.75 Å². The van der Waals surface area contributed by atoms with Crippen molar-refractivity contribution in [3.63, 3.8) is 0 Å². The smallest absolute Gasteiger partial charge is 0.303 e. The average Bonchev–Trinajstić information content (AvgIpc) is 3.17. The van der Waals surface area contributed by atoms with Crippen LogP contribution >= 0.6 is 21.6 Å². The molecular weight excluding hydrogens is 817 g/mol. The fourth-order valence-electron chi connectivity index (χ4n) is 6.07. The molecule has 2 aromatic carbocycles. The Morgan fingerprint density at radius 1 is 0.800 bits per heavy atom. The Hall–Kier alpha value is -5.34. The number of rotatable bonds is 15. The predicted molar refractivity (Wildman–Crippen MR) is 227 cm³/mol. The van der Waals surface area contributed by atoms with E-state index in [1.165, 1.54) is 12.1 Å². The van der Waals surface area contributed by atoms with Gasteiger partial charge in [-0.25, -0.2) is 0 Å². The SMILES string of the molecule is CC(C)[C@H](NC(=O)C1NC(=O)[C@H](CCC(=O)O)NC(=O)[C@H](Cc2ccccc2)NC(=O)[C@H](NC(=O)[C@@H](N)Cc2ccc(O)cc2)C(C)(C)SSC1(C)C)C(=O)NCC(N)=O. The van der Waals surface area contributed by atoms with Gasteiger partial charge >= 0.3 is 5.97 Å². The number of carboxylic acids is 1. The van der Waals surface area contributed by atoms with Crippen LogP contribution in [0.25, 0.3) is 0 Å². The Morgan fingerprint density at radius 3 is 1.97 bits per heavy atom. The quantitative estimate of drug-likeness (QED) is 0.106. The number of nitrogens with one attached hydrogen (secondary N) is 6. The summed E-state index contributed by atoms with van der Waals surface area (Å²) in [6.45, 7) is 9.39. The lowest BCUT2D eigenvalue weighted by molar-refractivity contribution is -0.139. The van der Waals surface area contributed by atoms with E-state index in [1.807, 2.05) is 0 Å². The van der Waals surface area contributed by atoms with E-state index in [1.54, 1.807) is 84.0 Å². The van der Waals surface area contributed by atoms with Gasteiger partial charge in [-0.1, -0.05) is 77.9 Å². The number of phenolic OH excluding ortho intramolecular Hbond substituents is 1. The van der Waals surface area contributed by atoms with Gasteiger partial charge in [-0.15, -0.1) is 0 Å². The van der Waals surface area contributed by atoms with Crippen molar-refractivity contribution in [2.75, 3.05) is 6.54 Å². The van der Waals surface area contributed by atoms with E-state index < -0.39 is 118 Å². The second-order valence-electron chi connectivity index (χ2n) is 15.9. The van der Waals surface area contributed by atoms with Gasteiger partial charge < -0.3 is 53.6 Å². The Morgan fingerprint density at radius 2 is 1.38 bits per heavy atom. The molecule has 0 spiro atoms. The van der Waals surface area contributed by atoms with Gasteiger partial charge in [0.15, 0.2) is 0 Å². The maximum Gasteiger partial charge on any atom is 0.303 e. The van der Waals surface area contributed by atoms with Crippen LogP contribution in [-0.2, 0) is 51.2 Å². The number of hydrogen-bond acceptors (Lipinski definition) is 12. The molecule has 6 atom stereocenters. The first-order valence-corrected chi connectivity index (χ1v) is 21.4. The number of carbonyl (C=O) groups excluding carboxylic acids is 7. The monoisotopic (exact) mass is 872 g/mol. The maximum absolute atomic E-state index is 14.5. The van der Waals surface area contributed by atoms with Crippen molar-refractivity contribution >= 4 is 68.9 Å². The molecule has 60 heavy (non-hydrogen) atoms. The zero-order valence-corrected chi connectivity index (χ0v) is 36.0. The van der Waals surface area contributed by atoms with Crippen molar-refractivity contribution in [1.29, 1.82) is 0 Å². The van der Waals surface area contributed by atoms with Crippen LogP contribution in [0.4, 0.5) is 0 Å². The lowest BCUT2D eigenvalue weighted by Gasteiger charge is -2.40. The number of aromatic hydroxyl groups is 1. The van der Waals surface area contributed by atoms with Gasteiger partial charge in [-0.2, -0.15) is 0 Å². The third-order valence-corrected chi connectivity index (χ3v) is 13.8. The largest absolute Gasteiger partial charge is 0.508 e. The molecular formula is C40H56N8O10S2. The highest BCUT2D eigenvalue weighted by Gasteiger charge is 2.46. The molecule has 12 N–H and O–H groups in total. The molecule has 2 aromatic rings. The summed E-state index contributed by atoms with van der Waals surface area (Å²) in [5.41, 5.74) is 12.8. The fourth-order valence-corrected chi connectivity index (χ4v) is 8.89. The molecule has 3 rings (SSSR count). The van der Waals surface area contributed by atoms with Gasteiger partial charge in [0.05, 0.1) is 12.6 Å². The molecule has 0 saturated carbocycles. The number of aliphatic carboxylic acids is 1. The summed E-state index contributed by atoms with van der Waals surface area (Å²) in [7, 11) is 2.19. The van der Waals surface area contributed by atoms with Crippen LogP contribution in [0.15, 0.2) is 54.6 Å². The van der Waals surface area contributed by atoms with Crippen molar-refractivity contribution in [3.05, 3.63) is 65.7 Å². The first kappa shape index (κ1) is 49.0. The number of primary amides is 1. The first-order chi connectivity index (χ1) is 28.0. The number of carboxylic acid groups (broad SMARTS) is 1. The van der Waals surface area contributed by atoms with E-state index in [0.29, 0.717) is 11.1 Å². The Kier molecular flexibility index (Phi) is 17.8. The summed E-state index contributed by atoms with van der Waals surface area (Å²) < 4.78 is -2.50. The van der Waals surface area contributed by atoms with Gasteiger partial charge in [0, 0.05) is 22.3 Å². The predicted octanol–water partition coefficient (Wildman–Crippen LogP) is 0.00320. The van der Waals surface area contributed by atoms with Crippen LogP contribution in [0.2, 0.25) is 0 Å². The molecule has 1 heterocycles. The molecule has 0 radical (unpaired) electrons. The van der Waals surface area contributed by atoms with Crippen molar-refractivity contribution in [2.24, 2.45) is 17.4 Å². The summed E-state index contributed by atoms with van der Waals surface area (Å²) in [5, 5.41) is 35.0. The zero-order chi connectivity index (χ0) is 44.9. The van der Waals surface area contributed by atoms with E-state index in [-0.39, 0.29) is 18.6 Å². The molecule has 18 nitrogen and oxygen atoms in total. The third-order valence-electron chi connectivity index (χ3n) is 9.57. The summed E-state index contributed by atoms with van der Waals surface area (Å²) >= 11 is 0. The maximum atomic E-state index is 14.5. The fraction of sp³-hybridized carbons (Fsp3) is 0.500. The minimum Gasteiger partial charge on any atom is -0.508 e. The second kappa shape index (κ2) is 21.8. The molecule has 328 valence electrons. The summed E-state index contributed by atoms with van der Waals surface area (Å²) in [4.78, 5) is 107. The molecule has 1 saturated heterocycles. The van der Waals surface area contributed by atoms with E-state index in [2.05, 4.69) is 31.9 Å². The Labute approximate surface area is 356 Å². The van der Waals surface area contributed by atoms with Gasteiger partial charge in [0.25, 0.3) is 0 Å². The summed E-state index contributed by atoms with van der Waals surface area (Å²) in [6, 6.07) is 6.77. The number of hydrogen-bond donors (Lipinski definition) is 10. The molecule has 7 amide bonds. The second-order valence-corrected chi connectivity index (χ2v) is 19.3. The van der Waals surface area contributed by atoms with Crippen LogP contribution in [-0.4, -0.2) is 110 Å². The molecule has 0 aromatic heterocycles. The van der Waals surface area contributed by atoms with Crippen molar-refractivity contribution in [1.82, 2.24) is 31.9 Å². The number of amides is 7. The van der Waals surface area contributed by atoms with E-state index in [9.17, 15) is 48.6 Å².